The number of hydrogen-bond donors (Lipinski definition) is 2. The van der Waals surface area contributed by atoms with Crippen LogP contribution in [0.25, 0.3) is 0 Å². The molecule has 3 rings (SSSR count). The van der Waals surface area contributed by atoms with Crippen molar-refractivity contribution in [3.05, 3.63) is 65.7 Å². The number of amides is 2. The molecule has 1 aliphatic rings. The van der Waals surface area contributed by atoms with E-state index in [1.165, 1.54) is 11.6 Å². The Hall–Kier alpha value is -2.76. The lowest BCUT2D eigenvalue weighted by Gasteiger charge is -2.27. The van der Waals surface area contributed by atoms with Gasteiger partial charge in [0.25, 0.3) is 0 Å². The maximum absolute atomic E-state index is 13.7. The molecule has 4 nitrogen and oxygen atoms in total. The predicted molar refractivity (Wildman–Crippen MR) is 104 cm³/mol. The monoisotopic (exact) mass is 386 g/mol. The van der Waals surface area contributed by atoms with Gasteiger partial charge in [-0.05, 0) is 49.8 Å². The van der Waals surface area contributed by atoms with E-state index >= 15 is 0 Å². The summed E-state index contributed by atoms with van der Waals surface area (Å²) >= 11 is 0. The van der Waals surface area contributed by atoms with Gasteiger partial charge < -0.3 is 10.6 Å². The minimum Gasteiger partial charge on any atom is -0.356 e. The average Bonchev–Trinajstić information content (AvgIpc) is 2.71. The van der Waals surface area contributed by atoms with Crippen molar-refractivity contribution in [2.45, 2.75) is 32.1 Å². The van der Waals surface area contributed by atoms with Gasteiger partial charge in [-0.2, -0.15) is 0 Å². The molecule has 0 spiro atoms. The number of carbonyl (C=O) groups is 2. The fourth-order valence-electron chi connectivity index (χ4n) is 3.56. The number of anilines is 1. The van der Waals surface area contributed by atoms with Crippen molar-refractivity contribution in [1.29, 1.82) is 0 Å². The first kappa shape index (κ1) is 20.0. The molecule has 148 valence electrons. The van der Waals surface area contributed by atoms with Crippen LogP contribution in [-0.2, 0) is 16.0 Å². The molecule has 1 saturated carbocycles. The van der Waals surface area contributed by atoms with Crippen molar-refractivity contribution in [3.8, 4) is 0 Å². The quantitative estimate of drug-likeness (QED) is 0.786. The predicted octanol–water partition coefficient (Wildman–Crippen LogP) is 4.07. The van der Waals surface area contributed by atoms with Crippen LogP contribution in [0.5, 0.6) is 0 Å². The second kappa shape index (κ2) is 9.44. The van der Waals surface area contributed by atoms with Crippen LogP contribution in [0.1, 0.15) is 31.2 Å². The van der Waals surface area contributed by atoms with Crippen molar-refractivity contribution in [2.75, 3.05) is 11.9 Å². The Morgan fingerprint density at radius 2 is 1.54 bits per heavy atom. The van der Waals surface area contributed by atoms with E-state index in [-0.39, 0.29) is 29.3 Å². The number of carbonyl (C=O) groups excluding carboxylic acids is 2. The summed E-state index contributed by atoms with van der Waals surface area (Å²) in [6.07, 6.45) is 3.19. The molecular weight excluding hydrogens is 362 g/mol. The van der Waals surface area contributed by atoms with Gasteiger partial charge in [0.1, 0.15) is 11.6 Å². The molecule has 2 aromatic carbocycles. The zero-order valence-corrected chi connectivity index (χ0v) is 15.6. The average molecular weight is 386 g/mol. The number of hydrogen-bond acceptors (Lipinski definition) is 2. The minimum atomic E-state index is -0.792. The minimum absolute atomic E-state index is 0.0211. The first-order valence-corrected chi connectivity index (χ1v) is 9.60. The maximum Gasteiger partial charge on any atom is 0.227 e. The molecule has 6 heteroatoms. The van der Waals surface area contributed by atoms with Crippen LogP contribution in [0.2, 0.25) is 0 Å². The Bertz CT molecular complexity index is 819. The third-order valence-electron chi connectivity index (χ3n) is 5.21. The summed E-state index contributed by atoms with van der Waals surface area (Å²) in [5, 5.41) is 5.50. The fourth-order valence-corrected chi connectivity index (χ4v) is 3.56. The highest BCUT2D eigenvalue weighted by Crippen LogP contribution is 2.30. The van der Waals surface area contributed by atoms with Crippen LogP contribution in [0.4, 0.5) is 14.5 Å². The Balaban J connectivity index is 1.42. The molecule has 0 radical (unpaired) electrons. The van der Waals surface area contributed by atoms with Crippen LogP contribution in [-0.4, -0.2) is 18.4 Å². The van der Waals surface area contributed by atoms with E-state index in [1.54, 1.807) is 0 Å². The molecule has 0 saturated heterocycles. The molecule has 0 bridgehead atoms. The van der Waals surface area contributed by atoms with Crippen LogP contribution in [0, 0.1) is 23.5 Å². The summed E-state index contributed by atoms with van der Waals surface area (Å²) in [6.45, 7) is 0.590. The van der Waals surface area contributed by atoms with Gasteiger partial charge in [0.05, 0.1) is 5.69 Å². The lowest BCUT2D eigenvalue weighted by molar-refractivity contribution is -0.128. The van der Waals surface area contributed by atoms with Crippen molar-refractivity contribution < 1.29 is 18.4 Å². The van der Waals surface area contributed by atoms with E-state index in [1.807, 2.05) is 30.3 Å². The van der Waals surface area contributed by atoms with Crippen molar-refractivity contribution >= 4 is 17.5 Å². The molecule has 1 fully saturated rings. The second-order valence-electron chi connectivity index (χ2n) is 7.19. The summed E-state index contributed by atoms with van der Waals surface area (Å²) < 4.78 is 26.6. The highest BCUT2D eigenvalue weighted by molar-refractivity contribution is 5.92. The summed E-state index contributed by atoms with van der Waals surface area (Å²) in [5.74, 6) is -2.10. The maximum atomic E-state index is 13.7. The van der Waals surface area contributed by atoms with E-state index in [0.717, 1.165) is 18.6 Å². The molecule has 0 unspecified atom stereocenters. The summed E-state index contributed by atoms with van der Waals surface area (Å²) in [7, 11) is 0. The third kappa shape index (κ3) is 5.38. The van der Waals surface area contributed by atoms with E-state index in [9.17, 15) is 18.4 Å². The van der Waals surface area contributed by atoms with Gasteiger partial charge in [-0.3, -0.25) is 9.59 Å². The van der Waals surface area contributed by atoms with Gasteiger partial charge in [-0.15, -0.1) is 0 Å². The fraction of sp³-hybridized carbons (Fsp3) is 0.364. The number of nitrogens with one attached hydrogen (secondary N) is 2. The largest absolute Gasteiger partial charge is 0.356 e. The Morgan fingerprint density at radius 3 is 2.18 bits per heavy atom. The molecule has 0 atom stereocenters. The first-order chi connectivity index (χ1) is 13.5. The summed E-state index contributed by atoms with van der Waals surface area (Å²) in [6, 6.07) is 13.0. The highest BCUT2D eigenvalue weighted by Gasteiger charge is 2.30. The van der Waals surface area contributed by atoms with E-state index in [0.29, 0.717) is 32.2 Å². The van der Waals surface area contributed by atoms with Crippen LogP contribution in [0.15, 0.2) is 48.5 Å². The van der Waals surface area contributed by atoms with Crippen LogP contribution >= 0.6 is 0 Å². The van der Waals surface area contributed by atoms with Gasteiger partial charge in [0.15, 0.2) is 0 Å². The number of benzene rings is 2. The molecule has 1 aliphatic carbocycles. The van der Waals surface area contributed by atoms with Crippen LogP contribution in [0.3, 0.4) is 0 Å². The third-order valence-corrected chi connectivity index (χ3v) is 5.21. The van der Waals surface area contributed by atoms with Gasteiger partial charge in [-0.1, -0.05) is 30.3 Å². The SMILES string of the molecule is O=C(NCCc1ccccc1)C1CCC(C(=O)Nc2ccc(F)cc2F)CC1. The second-order valence-corrected chi connectivity index (χ2v) is 7.19. The highest BCUT2D eigenvalue weighted by atomic mass is 19.1. The molecule has 0 aromatic heterocycles. The zero-order chi connectivity index (χ0) is 19.9. The van der Waals surface area contributed by atoms with Crippen LogP contribution < -0.4 is 10.6 Å². The Labute approximate surface area is 163 Å². The smallest absolute Gasteiger partial charge is 0.227 e. The van der Waals surface area contributed by atoms with Crippen molar-refractivity contribution in [2.24, 2.45) is 11.8 Å². The van der Waals surface area contributed by atoms with Gasteiger partial charge >= 0.3 is 0 Å². The van der Waals surface area contributed by atoms with Crippen molar-refractivity contribution in [1.82, 2.24) is 5.32 Å². The molecular formula is C22H24F2N2O2. The Kier molecular flexibility index (Phi) is 6.74. The first-order valence-electron chi connectivity index (χ1n) is 9.60. The zero-order valence-electron chi connectivity index (χ0n) is 15.6. The number of halogens is 2. The lowest BCUT2D eigenvalue weighted by atomic mass is 9.81. The van der Waals surface area contributed by atoms with Gasteiger partial charge in [-0.25, -0.2) is 8.78 Å². The Morgan fingerprint density at radius 1 is 0.893 bits per heavy atom. The van der Waals surface area contributed by atoms with E-state index in [2.05, 4.69) is 10.6 Å². The molecule has 2 N–H and O–H groups in total. The topological polar surface area (TPSA) is 58.2 Å². The van der Waals surface area contributed by atoms with Crippen molar-refractivity contribution in [3.63, 3.8) is 0 Å². The van der Waals surface area contributed by atoms with E-state index < -0.39 is 11.6 Å². The summed E-state index contributed by atoms with van der Waals surface area (Å²) in [4.78, 5) is 24.7. The standard InChI is InChI=1S/C22H24F2N2O2/c23-18-10-11-20(19(24)14-18)26-22(28)17-8-6-16(7-9-17)21(27)25-13-12-15-4-2-1-3-5-15/h1-5,10-11,14,16-17H,6-9,12-13H2,(H,25,27)(H,26,28). The molecule has 0 aliphatic heterocycles. The molecule has 2 amide bonds. The molecule has 28 heavy (non-hydrogen) atoms. The molecule has 0 heterocycles. The van der Waals surface area contributed by atoms with E-state index in [4.69, 9.17) is 0 Å². The lowest BCUT2D eigenvalue weighted by Crippen LogP contribution is -2.36. The normalized spacial score (nSPS) is 19.1. The van der Waals surface area contributed by atoms with Gasteiger partial charge in [0, 0.05) is 24.4 Å². The van der Waals surface area contributed by atoms with Gasteiger partial charge in [0.2, 0.25) is 11.8 Å². The summed E-state index contributed by atoms with van der Waals surface area (Å²) in [5.41, 5.74) is 1.16. The molecule has 2 aromatic rings. The number of rotatable bonds is 6.